The quantitative estimate of drug-likeness (QED) is 0.706. The number of piperidine rings is 1. The van der Waals surface area contributed by atoms with E-state index in [-0.39, 0.29) is 23.2 Å². The average Bonchev–Trinajstić information content (AvgIpc) is 2.74. The second kappa shape index (κ2) is 8.34. The molecule has 1 saturated heterocycles. The number of benzene rings is 1. The number of carbonyl (C=O) groups excluding carboxylic acids is 2. The third kappa shape index (κ3) is 4.11. The van der Waals surface area contributed by atoms with Crippen LogP contribution in [0.4, 0.5) is 0 Å². The Hall–Kier alpha value is -3.08. The van der Waals surface area contributed by atoms with Crippen molar-refractivity contribution in [1.29, 1.82) is 0 Å². The number of methoxy groups -OCH3 is 2. The molecular weight excluding hydrogens is 412 g/mol. The number of allylic oxidation sites excluding steroid dienone is 1. The number of hydrogen-bond acceptors (Lipinski definition) is 6. The van der Waals surface area contributed by atoms with Crippen LogP contribution in [-0.4, -0.2) is 69.5 Å². The van der Waals surface area contributed by atoms with Gasteiger partial charge in [-0.2, -0.15) is 8.42 Å². The number of amides is 2. The maximum atomic E-state index is 13.1. The van der Waals surface area contributed by atoms with Crippen LogP contribution in [0.15, 0.2) is 34.4 Å². The van der Waals surface area contributed by atoms with Gasteiger partial charge >= 0.3 is 10.2 Å². The first-order valence-corrected chi connectivity index (χ1v) is 10.7. The Kier molecular flexibility index (Phi) is 6.01. The summed E-state index contributed by atoms with van der Waals surface area (Å²) in [6.45, 7) is 0.640. The van der Waals surface area contributed by atoms with E-state index in [1.54, 1.807) is 18.2 Å². The van der Waals surface area contributed by atoms with Crippen LogP contribution >= 0.6 is 0 Å². The van der Waals surface area contributed by atoms with Crippen molar-refractivity contribution in [2.75, 3.05) is 34.4 Å². The molecule has 3 rings (SSSR count). The molecule has 162 valence electrons. The minimum atomic E-state index is -4.09. The van der Waals surface area contributed by atoms with Gasteiger partial charge in [0.1, 0.15) is 5.70 Å². The largest absolute Gasteiger partial charge is 0.493 e. The van der Waals surface area contributed by atoms with Crippen molar-refractivity contribution in [2.24, 2.45) is 16.0 Å². The predicted octanol–water partition coefficient (Wildman–Crippen LogP) is 0.291. The first-order chi connectivity index (χ1) is 14.2. The van der Waals surface area contributed by atoms with Gasteiger partial charge in [-0.25, -0.2) is 4.31 Å². The van der Waals surface area contributed by atoms with Crippen molar-refractivity contribution in [2.45, 2.75) is 12.8 Å². The molecule has 0 spiro atoms. The number of ether oxygens (including phenoxy) is 2. The molecule has 1 aromatic carbocycles. The van der Waals surface area contributed by atoms with Gasteiger partial charge in [-0.05, 0) is 37.1 Å². The summed E-state index contributed by atoms with van der Waals surface area (Å²) in [5.74, 6) is -0.225. The standard InChI is InChI=1S/C19H24N4O6S/c1-22-15(19(25)23-8-6-12(7-9-23)18(20)24)11-14(21-30(22,26)27)13-4-5-16(28-2)17(10-13)29-3/h4-5,10-12H,6-9H2,1-3H3,(H2,20,24). The molecule has 0 bridgehead atoms. The number of nitrogens with two attached hydrogens (primary N) is 1. The molecule has 0 radical (unpaired) electrons. The summed E-state index contributed by atoms with van der Waals surface area (Å²) >= 11 is 0. The predicted molar refractivity (Wildman–Crippen MR) is 109 cm³/mol. The Morgan fingerprint density at radius 2 is 1.77 bits per heavy atom. The molecule has 2 heterocycles. The van der Waals surface area contributed by atoms with Gasteiger partial charge in [0.05, 0.1) is 19.9 Å². The molecule has 0 unspecified atom stereocenters. The average molecular weight is 436 g/mol. The SMILES string of the molecule is COc1ccc(C2=NS(=O)(=O)N(C)C(C(=O)N3CCC(C(N)=O)CC3)=C2)cc1OC. The first kappa shape index (κ1) is 21.6. The number of likely N-dealkylation sites (tertiary alicyclic amines) is 1. The molecule has 1 aromatic rings. The topological polar surface area (TPSA) is 132 Å². The first-order valence-electron chi connectivity index (χ1n) is 9.29. The lowest BCUT2D eigenvalue weighted by Crippen LogP contribution is -2.45. The Labute approximate surface area is 175 Å². The van der Waals surface area contributed by atoms with E-state index in [2.05, 4.69) is 4.40 Å². The monoisotopic (exact) mass is 436 g/mol. The van der Waals surface area contributed by atoms with E-state index in [1.807, 2.05) is 0 Å². The zero-order valence-corrected chi connectivity index (χ0v) is 17.8. The molecular formula is C19H24N4O6S. The third-order valence-electron chi connectivity index (χ3n) is 5.26. The van der Waals surface area contributed by atoms with Crippen molar-refractivity contribution >= 4 is 27.7 Å². The Balaban J connectivity index is 1.93. The number of rotatable bonds is 5. The van der Waals surface area contributed by atoms with Crippen LogP contribution in [0.1, 0.15) is 18.4 Å². The number of hydrogen-bond donors (Lipinski definition) is 1. The van der Waals surface area contributed by atoms with Crippen LogP contribution in [0, 0.1) is 5.92 Å². The minimum absolute atomic E-state index is 0.0210. The van der Waals surface area contributed by atoms with E-state index in [0.29, 0.717) is 43.0 Å². The van der Waals surface area contributed by atoms with Crippen LogP contribution in [0.2, 0.25) is 0 Å². The van der Waals surface area contributed by atoms with Gasteiger partial charge in [-0.1, -0.05) is 0 Å². The normalized spacial score (nSPS) is 19.0. The van der Waals surface area contributed by atoms with Crippen LogP contribution in [-0.2, 0) is 19.8 Å². The second-order valence-corrected chi connectivity index (χ2v) is 8.62. The lowest BCUT2D eigenvalue weighted by Gasteiger charge is -2.33. The fourth-order valence-corrected chi connectivity index (χ4v) is 4.32. The van der Waals surface area contributed by atoms with Crippen LogP contribution in [0.25, 0.3) is 0 Å². The van der Waals surface area contributed by atoms with Gasteiger partial charge in [0.15, 0.2) is 11.5 Å². The van der Waals surface area contributed by atoms with Gasteiger partial charge in [-0.3, -0.25) is 9.59 Å². The fraction of sp³-hybridized carbons (Fsp3) is 0.421. The number of primary amides is 1. The Bertz CT molecular complexity index is 1030. The van der Waals surface area contributed by atoms with E-state index in [4.69, 9.17) is 15.2 Å². The van der Waals surface area contributed by atoms with Crippen molar-refractivity contribution in [3.05, 3.63) is 35.5 Å². The van der Waals surface area contributed by atoms with Crippen molar-refractivity contribution in [3.8, 4) is 11.5 Å². The highest BCUT2D eigenvalue weighted by Crippen LogP contribution is 2.30. The smallest absolute Gasteiger partial charge is 0.345 e. The van der Waals surface area contributed by atoms with Gasteiger partial charge in [-0.15, -0.1) is 4.40 Å². The number of likely N-dealkylation sites (N-methyl/N-ethyl adjacent to an activating group) is 1. The molecule has 0 atom stereocenters. The fourth-order valence-electron chi connectivity index (χ4n) is 3.41. The lowest BCUT2D eigenvalue weighted by atomic mass is 9.96. The Morgan fingerprint density at radius 3 is 2.33 bits per heavy atom. The summed E-state index contributed by atoms with van der Waals surface area (Å²) in [6.07, 6.45) is 2.33. The summed E-state index contributed by atoms with van der Waals surface area (Å²) in [6, 6.07) is 4.86. The molecule has 10 nitrogen and oxygen atoms in total. The molecule has 2 N–H and O–H groups in total. The van der Waals surface area contributed by atoms with Crippen molar-refractivity contribution < 1.29 is 27.5 Å². The molecule has 0 saturated carbocycles. The van der Waals surface area contributed by atoms with Crippen molar-refractivity contribution in [3.63, 3.8) is 0 Å². The van der Waals surface area contributed by atoms with Gasteiger partial charge in [0.2, 0.25) is 5.91 Å². The highest BCUT2D eigenvalue weighted by atomic mass is 32.2. The maximum absolute atomic E-state index is 13.1. The van der Waals surface area contributed by atoms with Gasteiger partial charge in [0.25, 0.3) is 5.91 Å². The van der Waals surface area contributed by atoms with Crippen LogP contribution < -0.4 is 15.2 Å². The second-order valence-electron chi connectivity index (χ2n) is 6.99. The number of carbonyl (C=O) groups is 2. The van der Waals surface area contributed by atoms with E-state index < -0.39 is 16.1 Å². The highest BCUT2D eigenvalue weighted by Gasteiger charge is 2.34. The summed E-state index contributed by atoms with van der Waals surface area (Å²) in [7, 11) is 0.151. The van der Waals surface area contributed by atoms with Crippen LogP contribution in [0.5, 0.6) is 11.5 Å². The van der Waals surface area contributed by atoms with Gasteiger partial charge < -0.3 is 20.1 Å². The molecule has 2 amide bonds. The Morgan fingerprint density at radius 1 is 1.13 bits per heavy atom. The highest BCUT2D eigenvalue weighted by molar-refractivity contribution is 7.88. The molecule has 0 aromatic heterocycles. The summed E-state index contributed by atoms with van der Waals surface area (Å²) in [5.41, 5.74) is 5.89. The zero-order valence-electron chi connectivity index (χ0n) is 17.0. The summed E-state index contributed by atoms with van der Waals surface area (Å²) < 4.78 is 40.3. The lowest BCUT2D eigenvalue weighted by molar-refractivity contribution is -0.132. The van der Waals surface area contributed by atoms with Crippen molar-refractivity contribution in [1.82, 2.24) is 9.21 Å². The molecule has 2 aliphatic heterocycles. The number of nitrogens with zero attached hydrogens (tertiary/aromatic N) is 3. The molecule has 1 fully saturated rings. The third-order valence-corrected chi connectivity index (χ3v) is 6.57. The molecule has 0 aliphatic carbocycles. The van der Waals surface area contributed by atoms with E-state index in [0.717, 1.165) is 4.31 Å². The minimum Gasteiger partial charge on any atom is -0.493 e. The van der Waals surface area contributed by atoms with Gasteiger partial charge in [0, 0.05) is 31.6 Å². The van der Waals surface area contributed by atoms with E-state index in [1.165, 1.54) is 32.2 Å². The molecule has 2 aliphatic rings. The molecule has 30 heavy (non-hydrogen) atoms. The zero-order chi connectivity index (χ0) is 22.1. The maximum Gasteiger partial charge on any atom is 0.345 e. The van der Waals surface area contributed by atoms with Crippen LogP contribution in [0.3, 0.4) is 0 Å². The van der Waals surface area contributed by atoms with E-state index in [9.17, 15) is 18.0 Å². The summed E-state index contributed by atoms with van der Waals surface area (Å²) in [4.78, 5) is 25.9. The van der Waals surface area contributed by atoms with E-state index >= 15 is 0 Å². The summed E-state index contributed by atoms with van der Waals surface area (Å²) in [5, 5.41) is 0. The molecule has 11 heteroatoms.